The minimum Gasteiger partial charge on any atom is -0.312 e. The number of hydrogen-bond acceptors (Lipinski definition) is 1. The lowest BCUT2D eigenvalue weighted by molar-refractivity contribution is 0.730. The van der Waals surface area contributed by atoms with Crippen molar-refractivity contribution in [1.29, 1.82) is 0 Å². The second kappa shape index (κ2) is 6.12. The van der Waals surface area contributed by atoms with E-state index in [0.29, 0.717) is 0 Å². The Labute approximate surface area is 82.3 Å². The van der Waals surface area contributed by atoms with Gasteiger partial charge in [0.25, 0.3) is 0 Å². The van der Waals surface area contributed by atoms with Crippen LogP contribution in [0, 0.1) is 0 Å². The Morgan fingerprint density at radius 3 is 2.46 bits per heavy atom. The molecule has 72 valence electrons. The summed E-state index contributed by atoms with van der Waals surface area (Å²) in [5, 5.41) is 3.45. The molecule has 0 aliphatic heterocycles. The summed E-state index contributed by atoms with van der Waals surface area (Å²) in [7, 11) is 0.257. The maximum atomic E-state index is 3.45. The third kappa shape index (κ3) is 5.02. The van der Waals surface area contributed by atoms with Gasteiger partial charge in [-0.15, -0.1) is 7.92 Å². The second-order valence-corrected chi connectivity index (χ2v) is 6.07. The summed E-state index contributed by atoms with van der Waals surface area (Å²) >= 11 is 0. The Morgan fingerprint density at radius 2 is 1.85 bits per heavy atom. The summed E-state index contributed by atoms with van der Waals surface area (Å²) in [5.41, 5.74) is 1.37. The summed E-state index contributed by atoms with van der Waals surface area (Å²) < 4.78 is 0. The second-order valence-electron chi connectivity index (χ2n) is 3.47. The Hall–Kier alpha value is -0.390. The number of rotatable bonds is 5. The topological polar surface area (TPSA) is 12.0 Å². The Kier molecular flexibility index (Phi) is 5.03. The monoisotopic (exact) mass is 195 g/mol. The van der Waals surface area contributed by atoms with Gasteiger partial charge in [-0.3, -0.25) is 0 Å². The first-order valence-electron chi connectivity index (χ1n) is 4.68. The van der Waals surface area contributed by atoms with Crippen molar-refractivity contribution < 1.29 is 0 Å². The first kappa shape index (κ1) is 10.7. The minimum absolute atomic E-state index is 0.257. The minimum atomic E-state index is 0.257. The van der Waals surface area contributed by atoms with Crippen molar-refractivity contribution >= 4 is 7.92 Å². The highest BCUT2D eigenvalue weighted by molar-refractivity contribution is 7.56. The molecule has 0 heterocycles. The molecule has 1 aromatic carbocycles. The molecule has 0 aliphatic rings. The summed E-state index contributed by atoms with van der Waals surface area (Å²) in [5.74, 6) is 0. The lowest BCUT2D eigenvalue weighted by atomic mass is 10.2. The molecule has 0 saturated carbocycles. The van der Waals surface area contributed by atoms with E-state index in [2.05, 4.69) is 49.0 Å². The third-order valence-electron chi connectivity index (χ3n) is 1.91. The molecule has 1 N–H and O–H groups in total. The Bertz CT molecular complexity index is 221. The van der Waals surface area contributed by atoms with Crippen LogP contribution in [0.5, 0.6) is 0 Å². The fourth-order valence-electron chi connectivity index (χ4n) is 1.13. The molecule has 0 unspecified atom stereocenters. The highest BCUT2D eigenvalue weighted by atomic mass is 31.1. The molecule has 0 fully saturated rings. The summed E-state index contributed by atoms with van der Waals surface area (Å²) in [6, 6.07) is 10.6. The molecule has 1 rings (SSSR count). The molecule has 1 nitrogen and oxygen atoms in total. The van der Waals surface area contributed by atoms with Crippen molar-refractivity contribution in [3.8, 4) is 0 Å². The van der Waals surface area contributed by atoms with Crippen molar-refractivity contribution in [2.45, 2.75) is 6.54 Å². The predicted molar refractivity (Wildman–Crippen MR) is 61.8 cm³/mol. The lowest BCUT2D eigenvalue weighted by Gasteiger charge is -2.06. The molecule has 0 amide bonds. The maximum Gasteiger partial charge on any atom is 0.0205 e. The van der Waals surface area contributed by atoms with Crippen LogP contribution in [-0.2, 0) is 6.54 Å². The van der Waals surface area contributed by atoms with Crippen LogP contribution < -0.4 is 5.32 Å². The molecule has 0 spiro atoms. The molecule has 0 radical (unpaired) electrons. The van der Waals surface area contributed by atoms with Crippen LogP contribution >= 0.6 is 7.92 Å². The van der Waals surface area contributed by atoms with Gasteiger partial charge in [-0.05, 0) is 31.6 Å². The number of hydrogen-bond donors (Lipinski definition) is 1. The molecule has 0 aromatic heterocycles. The third-order valence-corrected chi connectivity index (χ3v) is 3.03. The van der Waals surface area contributed by atoms with E-state index in [1.165, 1.54) is 11.7 Å². The Balaban J connectivity index is 2.13. The van der Waals surface area contributed by atoms with Crippen molar-refractivity contribution in [1.82, 2.24) is 5.32 Å². The summed E-state index contributed by atoms with van der Waals surface area (Å²) in [6.45, 7) is 6.79. The average Bonchev–Trinajstić information content (AvgIpc) is 2.14. The molecule has 0 atom stereocenters. The molecule has 0 bridgehead atoms. The maximum absolute atomic E-state index is 3.45. The fraction of sp³-hybridized carbons (Fsp3) is 0.455. The van der Waals surface area contributed by atoms with E-state index in [0.717, 1.165) is 13.1 Å². The summed E-state index contributed by atoms with van der Waals surface area (Å²) in [4.78, 5) is 0. The van der Waals surface area contributed by atoms with Gasteiger partial charge in [-0.25, -0.2) is 0 Å². The van der Waals surface area contributed by atoms with Gasteiger partial charge in [-0.2, -0.15) is 0 Å². The molecule has 13 heavy (non-hydrogen) atoms. The van der Waals surface area contributed by atoms with Gasteiger partial charge in [0, 0.05) is 6.54 Å². The van der Waals surface area contributed by atoms with E-state index in [-0.39, 0.29) is 7.92 Å². The first-order valence-corrected chi connectivity index (χ1v) is 7.10. The van der Waals surface area contributed by atoms with Crippen LogP contribution in [0.4, 0.5) is 0 Å². The predicted octanol–water partition coefficient (Wildman–Crippen LogP) is 2.52. The van der Waals surface area contributed by atoms with E-state index < -0.39 is 0 Å². The van der Waals surface area contributed by atoms with E-state index in [1.807, 2.05) is 0 Å². The fourth-order valence-corrected chi connectivity index (χ4v) is 1.74. The lowest BCUT2D eigenvalue weighted by Crippen LogP contribution is -2.16. The highest BCUT2D eigenvalue weighted by Crippen LogP contribution is 2.22. The summed E-state index contributed by atoms with van der Waals surface area (Å²) in [6.07, 6.45) is 1.32. The number of benzene rings is 1. The van der Waals surface area contributed by atoms with Crippen LogP contribution in [-0.4, -0.2) is 26.0 Å². The van der Waals surface area contributed by atoms with Crippen molar-refractivity contribution in [3.05, 3.63) is 35.9 Å². The quantitative estimate of drug-likeness (QED) is 0.562. The van der Waals surface area contributed by atoms with Gasteiger partial charge >= 0.3 is 0 Å². The molecule has 0 saturated heterocycles. The van der Waals surface area contributed by atoms with Gasteiger partial charge in [0.15, 0.2) is 0 Å². The average molecular weight is 195 g/mol. The van der Waals surface area contributed by atoms with E-state index >= 15 is 0 Å². The van der Waals surface area contributed by atoms with Crippen LogP contribution in [0.15, 0.2) is 30.3 Å². The standard InChI is InChI=1S/C11H18NP/c1-13(2)9-8-12-10-11-6-4-3-5-7-11/h3-7,12H,8-10H2,1-2H3. The van der Waals surface area contributed by atoms with Crippen LogP contribution in [0.2, 0.25) is 0 Å². The number of nitrogens with one attached hydrogen (secondary N) is 1. The highest BCUT2D eigenvalue weighted by Gasteiger charge is 1.93. The van der Waals surface area contributed by atoms with Crippen molar-refractivity contribution in [3.63, 3.8) is 0 Å². The van der Waals surface area contributed by atoms with Gasteiger partial charge in [0.05, 0.1) is 0 Å². The Morgan fingerprint density at radius 1 is 1.15 bits per heavy atom. The van der Waals surface area contributed by atoms with Crippen molar-refractivity contribution in [2.75, 3.05) is 26.0 Å². The van der Waals surface area contributed by atoms with E-state index in [9.17, 15) is 0 Å². The van der Waals surface area contributed by atoms with Gasteiger partial charge in [0.1, 0.15) is 0 Å². The van der Waals surface area contributed by atoms with Crippen LogP contribution in [0.25, 0.3) is 0 Å². The zero-order valence-corrected chi connectivity index (χ0v) is 9.35. The molecular weight excluding hydrogens is 177 g/mol. The molecular formula is C11H18NP. The largest absolute Gasteiger partial charge is 0.312 e. The smallest absolute Gasteiger partial charge is 0.0205 e. The van der Waals surface area contributed by atoms with E-state index in [4.69, 9.17) is 0 Å². The van der Waals surface area contributed by atoms with Crippen molar-refractivity contribution in [2.24, 2.45) is 0 Å². The zero-order chi connectivity index (χ0) is 9.52. The molecule has 2 heteroatoms. The van der Waals surface area contributed by atoms with Gasteiger partial charge in [-0.1, -0.05) is 30.3 Å². The van der Waals surface area contributed by atoms with E-state index in [1.54, 1.807) is 0 Å². The SMILES string of the molecule is CP(C)CCNCc1ccccc1. The van der Waals surface area contributed by atoms with Crippen LogP contribution in [0.1, 0.15) is 5.56 Å². The van der Waals surface area contributed by atoms with Gasteiger partial charge in [0.2, 0.25) is 0 Å². The molecule has 0 aliphatic carbocycles. The molecule has 1 aromatic rings. The van der Waals surface area contributed by atoms with Gasteiger partial charge < -0.3 is 5.32 Å². The zero-order valence-electron chi connectivity index (χ0n) is 8.46. The normalized spacial score (nSPS) is 10.7. The van der Waals surface area contributed by atoms with Crippen LogP contribution in [0.3, 0.4) is 0 Å². The first-order chi connectivity index (χ1) is 6.29.